The Hall–Kier alpha value is -0.800. The van der Waals surface area contributed by atoms with E-state index >= 15 is 0 Å². The van der Waals surface area contributed by atoms with Crippen molar-refractivity contribution in [2.45, 2.75) is 52.6 Å². The minimum atomic E-state index is 0.0842. The van der Waals surface area contributed by atoms with Gasteiger partial charge in [0.15, 0.2) is 0 Å². The zero-order chi connectivity index (χ0) is 14.5. The number of hydrogen-bond donors (Lipinski definition) is 1. The van der Waals surface area contributed by atoms with Gasteiger partial charge in [-0.15, -0.1) is 0 Å². The van der Waals surface area contributed by atoms with Crippen molar-refractivity contribution in [3.8, 4) is 0 Å². The average molecular weight is 284 g/mol. The SMILES string of the molecule is CCCCN(C)c1cc(CNC(C)(C)C)c(Cl)cn1. The van der Waals surface area contributed by atoms with E-state index in [9.17, 15) is 0 Å². The second-order valence-electron chi connectivity index (χ2n) is 6.01. The summed E-state index contributed by atoms with van der Waals surface area (Å²) in [5.74, 6) is 0.989. The maximum atomic E-state index is 6.21. The number of nitrogens with one attached hydrogen (secondary N) is 1. The Morgan fingerprint density at radius 2 is 2.05 bits per heavy atom. The standard InChI is InChI=1S/C15H26ClN3/c1-6-7-8-19(5)14-9-12(13(16)11-17-14)10-18-15(2,3)4/h9,11,18H,6-8,10H2,1-5H3. The molecule has 1 aromatic heterocycles. The summed E-state index contributed by atoms with van der Waals surface area (Å²) in [6.45, 7) is 10.4. The molecule has 0 aromatic carbocycles. The first kappa shape index (κ1) is 16.3. The van der Waals surface area contributed by atoms with E-state index in [-0.39, 0.29) is 5.54 Å². The quantitative estimate of drug-likeness (QED) is 0.859. The lowest BCUT2D eigenvalue weighted by atomic mass is 10.1. The highest BCUT2D eigenvalue weighted by molar-refractivity contribution is 6.31. The zero-order valence-corrected chi connectivity index (χ0v) is 13.5. The topological polar surface area (TPSA) is 28.2 Å². The number of halogens is 1. The molecule has 0 fully saturated rings. The van der Waals surface area contributed by atoms with Crippen LogP contribution in [0.4, 0.5) is 5.82 Å². The molecule has 19 heavy (non-hydrogen) atoms. The maximum Gasteiger partial charge on any atom is 0.128 e. The van der Waals surface area contributed by atoms with Crippen molar-refractivity contribution in [2.75, 3.05) is 18.5 Å². The molecule has 0 amide bonds. The van der Waals surface area contributed by atoms with Gasteiger partial charge < -0.3 is 10.2 Å². The predicted octanol–water partition coefficient (Wildman–Crippen LogP) is 3.86. The van der Waals surface area contributed by atoms with Gasteiger partial charge in [0.25, 0.3) is 0 Å². The Morgan fingerprint density at radius 3 is 2.63 bits per heavy atom. The first-order valence-corrected chi connectivity index (χ1v) is 7.32. The van der Waals surface area contributed by atoms with E-state index < -0.39 is 0 Å². The van der Waals surface area contributed by atoms with Gasteiger partial charge in [0.05, 0.1) is 5.02 Å². The summed E-state index contributed by atoms with van der Waals surface area (Å²) in [4.78, 5) is 6.58. The van der Waals surface area contributed by atoms with Gasteiger partial charge >= 0.3 is 0 Å². The van der Waals surface area contributed by atoms with Crippen molar-refractivity contribution in [3.05, 3.63) is 22.8 Å². The first-order chi connectivity index (χ1) is 8.83. The van der Waals surface area contributed by atoms with Crippen LogP contribution in [0.3, 0.4) is 0 Å². The molecule has 0 atom stereocenters. The summed E-state index contributed by atoms with van der Waals surface area (Å²) in [5, 5.41) is 4.18. The van der Waals surface area contributed by atoms with Crippen LogP contribution in [0, 0.1) is 0 Å². The van der Waals surface area contributed by atoms with Crippen LogP contribution in [0.5, 0.6) is 0 Å². The third kappa shape index (κ3) is 5.79. The molecule has 1 N–H and O–H groups in total. The van der Waals surface area contributed by atoms with Crippen LogP contribution < -0.4 is 10.2 Å². The van der Waals surface area contributed by atoms with E-state index in [1.54, 1.807) is 6.20 Å². The van der Waals surface area contributed by atoms with Gasteiger partial charge in [0.2, 0.25) is 0 Å². The Kier molecular flexibility index (Phi) is 6.08. The summed E-state index contributed by atoms with van der Waals surface area (Å²) in [6.07, 6.45) is 4.12. The van der Waals surface area contributed by atoms with E-state index in [4.69, 9.17) is 11.6 Å². The Bertz CT molecular complexity index is 399. The van der Waals surface area contributed by atoms with Crippen LogP contribution in [0.2, 0.25) is 5.02 Å². The Balaban J connectivity index is 2.76. The van der Waals surface area contributed by atoms with Gasteiger partial charge in [-0.05, 0) is 38.8 Å². The molecule has 1 aromatic rings. The van der Waals surface area contributed by atoms with E-state index in [1.165, 1.54) is 12.8 Å². The van der Waals surface area contributed by atoms with Crippen molar-refractivity contribution in [1.29, 1.82) is 0 Å². The van der Waals surface area contributed by atoms with E-state index in [2.05, 4.69) is 56.0 Å². The number of unbranched alkanes of at least 4 members (excludes halogenated alkanes) is 1. The summed E-state index contributed by atoms with van der Waals surface area (Å²) in [7, 11) is 2.08. The fourth-order valence-corrected chi connectivity index (χ4v) is 1.85. The Morgan fingerprint density at radius 1 is 1.37 bits per heavy atom. The van der Waals surface area contributed by atoms with Gasteiger partial charge in [-0.1, -0.05) is 24.9 Å². The van der Waals surface area contributed by atoms with Gasteiger partial charge in [-0.3, -0.25) is 0 Å². The summed E-state index contributed by atoms with van der Waals surface area (Å²) in [5.41, 5.74) is 1.19. The molecule has 0 radical (unpaired) electrons. The molecule has 0 bridgehead atoms. The van der Waals surface area contributed by atoms with Crippen LogP contribution in [0.1, 0.15) is 46.1 Å². The van der Waals surface area contributed by atoms with Crippen molar-refractivity contribution < 1.29 is 0 Å². The molecule has 0 unspecified atom stereocenters. The summed E-state index contributed by atoms with van der Waals surface area (Å²) < 4.78 is 0. The number of hydrogen-bond acceptors (Lipinski definition) is 3. The highest BCUT2D eigenvalue weighted by Crippen LogP contribution is 2.20. The normalized spacial score (nSPS) is 11.7. The molecule has 0 aliphatic heterocycles. The van der Waals surface area contributed by atoms with Gasteiger partial charge in [0.1, 0.15) is 5.82 Å². The lowest BCUT2D eigenvalue weighted by molar-refractivity contribution is 0.424. The van der Waals surface area contributed by atoms with E-state index in [1.807, 2.05) is 0 Å². The predicted molar refractivity (Wildman–Crippen MR) is 84.0 cm³/mol. The number of anilines is 1. The maximum absolute atomic E-state index is 6.21. The number of rotatable bonds is 6. The van der Waals surface area contributed by atoms with Crippen LogP contribution in [0.25, 0.3) is 0 Å². The fraction of sp³-hybridized carbons (Fsp3) is 0.667. The van der Waals surface area contributed by atoms with E-state index in [0.29, 0.717) is 0 Å². The first-order valence-electron chi connectivity index (χ1n) is 6.94. The van der Waals surface area contributed by atoms with Crippen LogP contribution >= 0.6 is 11.6 Å². The molecule has 0 saturated carbocycles. The molecular weight excluding hydrogens is 258 g/mol. The van der Waals surface area contributed by atoms with E-state index in [0.717, 1.165) is 29.5 Å². The molecule has 3 nitrogen and oxygen atoms in total. The zero-order valence-electron chi connectivity index (χ0n) is 12.8. The molecule has 4 heteroatoms. The molecule has 0 aliphatic rings. The highest BCUT2D eigenvalue weighted by Gasteiger charge is 2.12. The highest BCUT2D eigenvalue weighted by atomic mass is 35.5. The smallest absolute Gasteiger partial charge is 0.128 e. The third-order valence-electron chi connectivity index (χ3n) is 2.97. The minimum absolute atomic E-state index is 0.0842. The molecule has 0 saturated heterocycles. The van der Waals surface area contributed by atoms with Crippen molar-refractivity contribution in [3.63, 3.8) is 0 Å². The second kappa shape index (κ2) is 7.11. The summed E-state index contributed by atoms with van der Waals surface area (Å²) >= 11 is 6.21. The van der Waals surface area contributed by atoms with Crippen LogP contribution in [-0.4, -0.2) is 24.1 Å². The molecular formula is C15H26ClN3. The second-order valence-corrected chi connectivity index (χ2v) is 6.42. The lowest BCUT2D eigenvalue weighted by Crippen LogP contribution is -2.35. The number of nitrogens with zero attached hydrogens (tertiary/aromatic N) is 2. The van der Waals surface area contributed by atoms with Gasteiger partial charge in [-0.25, -0.2) is 4.98 Å². The van der Waals surface area contributed by atoms with Crippen molar-refractivity contribution >= 4 is 17.4 Å². The Labute approximate surface area is 122 Å². The van der Waals surface area contributed by atoms with Gasteiger partial charge in [-0.2, -0.15) is 0 Å². The fourth-order valence-electron chi connectivity index (χ4n) is 1.68. The van der Waals surface area contributed by atoms with Crippen LogP contribution in [-0.2, 0) is 6.54 Å². The molecule has 1 heterocycles. The molecule has 0 spiro atoms. The number of pyridine rings is 1. The molecule has 1 rings (SSSR count). The lowest BCUT2D eigenvalue weighted by Gasteiger charge is -2.22. The van der Waals surface area contributed by atoms with Crippen LogP contribution in [0.15, 0.2) is 12.3 Å². The summed E-state index contributed by atoms with van der Waals surface area (Å²) in [6, 6.07) is 2.08. The minimum Gasteiger partial charge on any atom is -0.360 e. The molecule has 108 valence electrons. The monoisotopic (exact) mass is 283 g/mol. The van der Waals surface area contributed by atoms with Crippen molar-refractivity contribution in [1.82, 2.24) is 10.3 Å². The van der Waals surface area contributed by atoms with Crippen molar-refractivity contribution in [2.24, 2.45) is 0 Å². The van der Waals surface area contributed by atoms with Gasteiger partial charge in [0, 0.05) is 31.9 Å². The molecule has 0 aliphatic carbocycles. The number of aromatic nitrogens is 1. The largest absolute Gasteiger partial charge is 0.360 e. The average Bonchev–Trinajstić information content (AvgIpc) is 2.34. The third-order valence-corrected chi connectivity index (χ3v) is 3.31.